The first-order valence-electron chi connectivity index (χ1n) is 9.90. The molecule has 0 atom stereocenters. The monoisotopic (exact) mass is 472 g/mol. The molecule has 0 aliphatic carbocycles. The summed E-state index contributed by atoms with van der Waals surface area (Å²) in [6, 6.07) is 20.9. The maximum absolute atomic E-state index is 13.3. The molecular formula is C24H25ClN2O4S. The molecule has 3 aromatic carbocycles. The topological polar surface area (TPSA) is 66.9 Å². The summed E-state index contributed by atoms with van der Waals surface area (Å²) in [7, 11) is 0.667. The summed E-state index contributed by atoms with van der Waals surface area (Å²) in [5.74, 6) is -0.119. The van der Waals surface area contributed by atoms with Crippen LogP contribution in [0.2, 0.25) is 5.02 Å². The Morgan fingerprint density at radius 2 is 1.53 bits per heavy atom. The number of carbonyl (C=O) groups excluding carboxylic acids is 1. The van der Waals surface area contributed by atoms with E-state index in [-0.39, 0.29) is 28.7 Å². The Kier molecular flexibility index (Phi) is 7.56. The van der Waals surface area contributed by atoms with E-state index in [1.54, 1.807) is 25.2 Å². The number of amides is 1. The van der Waals surface area contributed by atoms with E-state index in [1.807, 2.05) is 42.5 Å². The molecule has 6 nitrogen and oxygen atoms in total. The maximum atomic E-state index is 13.3. The third kappa shape index (κ3) is 5.48. The van der Waals surface area contributed by atoms with Crippen LogP contribution in [0, 0.1) is 0 Å². The van der Waals surface area contributed by atoms with E-state index < -0.39 is 10.0 Å². The minimum Gasteiger partial charge on any atom is -0.495 e. The predicted octanol–water partition coefficient (Wildman–Crippen LogP) is 4.44. The molecule has 0 spiro atoms. The third-order valence-electron chi connectivity index (χ3n) is 5.03. The van der Waals surface area contributed by atoms with Crippen molar-refractivity contribution in [2.45, 2.75) is 18.0 Å². The quantitative estimate of drug-likeness (QED) is 0.486. The fraction of sp³-hybridized carbons (Fsp3) is 0.208. The highest BCUT2D eigenvalue weighted by molar-refractivity contribution is 7.89. The zero-order valence-corrected chi connectivity index (χ0v) is 19.7. The lowest BCUT2D eigenvalue weighted by Gasteiger charge is -2.21. The molecule has 0 fully saturated rings. The maximum Gasteiger partial charge on any atom is 0.253 e. The Hall–Kier alpha value is -2.87. The number of rotatable bonds is 8. The number of benzene rings is 3. The Labute approximate surface area is 194 Å². The smallest absolute Gasteiger partial charge is 0.253 e. The van der Waals surface area contributed by atoms with Gasteiger partial charge in [0.25, 0.3) is 5.91 Å². The number of halogens is 1. The van der Waals surface area contributed by atoms with E-state index in [9.17, 15) is 13.2 Å². The molecule has 3 rings (SSSR count). The SMILES string of the molecule is COc1ccc(C(=O)N(C)Cc2ccc(Cl)cc2)cc1S(=O)(=O)N(C)Cc1ccccc1. The van der Waals surface area contributed by atoms with Crippen LogP contribution < -0.4 is 4.74 Å². The molecule has 0 unspecified atom stereocenters. The molecule has 0 heterocycles. The van der Waals surface area contributed by atoms with E-state index >= 15 is 0 Å². The lowest BCUT2D eigenvalue weighted by molar-refractivity contribution is 0.0785. The molecule has 32 heavy (non-hydrogen) atoms. The lowest BCUT2D eigenvalue weighted by atomic mass is 10.1. The van der Waals surface area contributed by atoms with Crippen LogP contribution in [0.5, 0.6) is 5.75 Å². The summed E-state index contributed by atoms with van der Waals surface area (Å²) in [6.45, 7) is 0.555. The van der Waals surface area contributed by atoms with Crippen LogP contribution in [0.4, 0.5) is 0 Å². The van der Waals surface area contributed by atoms with Gasteiger partial charge in [0.2, 0.25) is 10.0 Å². The van der Waals surface area contributed by atoms with E-state index in [1.165, 1.54) is 35.5 Å². The van der Waals surface area contributed by atoms with Crippen LogP contribution in [0.3, 0.4) is 0 Å². The molecule has 0 aliphatic heterocycles. The highest BCUT2D eigenvalue weighted by atomic mass is 35.5. The molecule has 1 amide bonds. The van der Waals surface area contributed by atoms with Gasteiger partial charge in [-0.3, -0.25) is 4.79 Å². The van der Waals surface area contributed by atoms with Crippen LogP contribution >= 0.6 is 11.6 Å². The van der Waals surface area contributed by atoms with Gasteiger partial charge in [0, 0.05) is 37.8 Å². The van der Waals surface area contributed by atoms with E-state index in [4.69, 9.17) is 16.3 Å². The van der Waals surface area contributed by atoms with Gasteiger partial charge in [0.05, 0.1) is 7.11 Å². The number of sulfonamides is 1. The fourth-order valence-electron chi connectivity index (χ4n) is 3.26. The number of carbonyl (C=O) groups is 1. The highest BCUT2D eigenvalue weighted by Gasteiger charge is 2.27. The van der Waals surface area contributed by atoms with E-state index in [2.05, 4.69) is 0 Å². The van der Waals surface area contributed by atoms with Crippen molar-refractivity contribution >= 4 is 27.5 Å². The Morgan fingerprint density at radius 1 is 0.906 bits per heavy atom. The van der Waals surface area contributed by atoms with Gasteiger partial charge >= 0.3 is 0 Å². The fourth-order valence-corrected chi connectivity index (χ4v) is 4.72. The van der Waals surface area contributed by atoms with Crippen LogP contribution in [0.15, 0.2) is 77.7 Å². The third-order valence-corrected chi connectivity index (χ3v) is 7.10. The van der Waals surface area contributed by atoms with Gasteiger partial charge in [-0.2, -0.15) is 4.31 Å². The van der Waals surface area contributed by atoms with Crippen molar-refractivity contribution in [2.24, 2.45) is 0 Å². The minimum atomic E-state index is -3.90. The van der Waals surface area contributed by atoms with Crippen LogP contribution in [-0.2, 0) is 23.1 Å². The highest BCUT2D eigenvalue weighted by Crippen LogP contribution is 2.29. The molecule has 0 N–H and O–H groups in total. The van der Waals surface area contributed by atoms with Gasteiger partial charge in [-0.1, -0.05) is 54.1 Å². The molecule has 168 valence electrons. The van der Waals surface area contributed by atoms with E-state index in [0.717, 1.165) is 11.1 Å². The summed E-state index contributed by atoms with van der Waals surface area (Å²) >= 11 is 5.92. The van der Waals surface area contributed by atoms with Crippen molar-refractivity contribution in [3.05, 3.63) is 94.5 Å². The van der Waals surface area contributed by atoms with Crippen LogP contribution in [-0.4, -0.2) is 44.7 Å². The second kappa shape index (κ2) is 10.2. The normalized spacial score (nSPS) is 11.4. The largest absolute Gasteiger partial charge is 0.495 e. The van der Waals surface area contributed by atoms with Gasteiger partial charge < -0.3 is 9.64 Å². The molecular weight excluding hydrogens is 448 g/mol. The second-order valence-electron chi connectivity index (χ2n) is 7.40. The number of methoxy groups -OCH3 is 1. The van der Waals surface area contributed by atoms with Crippen molar-refractivity contribution in [1.82, 2.24) is 9.21 Å². The standard InChI is InChI=1S/C24H25ClN2O4S/c1-26(16-19-9-12-21(25)13-10-19)24(28)20-11-14-22(31-3)23(15-20)32(29,30)27(2)17-18-7-5-4-6-8-18/h4-15H,16-17H2,1-3H3. The van der Waals surface area contributed by atoms with Crippen molar-refractivity contribution < 1.29 is 17.9 Å². The van der Waals surface area contributed by atoms with E-state index in [0.29, 0.717) is 11.6 Å². The van der Waals surface area contributed by atoms with Crippen molar-refractivity contribution in [3.8, 4) is 5.75 Å². The van der Waals surface area contributed by atoms with Crippen molar-refractivity contribution in [3.63, 3.8) is 0 Å². The van der Waals surface area contributed by atoms with Gasteiger partial charge in [0.15, 0.2) is 0 Å². The number of nitrogens with zero attached hydrogens (tertiary/aromatic N) is 2. The Balaban J connectivity index is 1.86. The first-order chi connectivity index (χ1) is 15.2. The summed E-state index contributed by atoms with van der Waals surface area (Å²) in [6.07, 6.45) is 0. The summed E-state index contributed by atoms with van der Waals surface area (Å²) in [5.41, 5.74) is 2.02. The summed E-state index contributed by atoms with van der Waals surface area (Å²) < 4.78 is 33.1. The molecule has 0 saturated carbocycles. The molecule has 0 aliphatic rings. The van der Waals surface area contributed by atoms with Gasteiger partial charge in [-0.25, -0.2) is 8.42 Å². The number of hydrogen-bond acceptors (Lipinski definition) is 4. The average Bonchev–Trinajstić information content (AvgIpc) is 2.80. The lowest BCUT2D eigenvalue weighted by Crippen LogP contribution is -2.28. The first kappa shape index (κ1) is 23.8. The molecule has 3 aromatic rings. The predicted molar refractivity (Wildman–Crippen MR) is 125 cm³/mol. The van der Waals surface area contributed by atoms with Crippen molar-refractivity contribution in [1.29, 1.82) is 0 Å². The Bertz CT molecular complexity index is 1180. The van der Waals surface area contributed by atoms with Crippen molar-refractivity contribution in [2.75, 3.05) is 21.2 Å². The number of ether oxygens (including phenoxy) is 1. The number of hydrogen-bond donors (Lipinski definition) is 0. The Morgan fingerprint density at radius 3 is 2.16 bits per heavy atom. The second-order valence-corrected chi connectivity index (χ2v) is 9.85. The zero-order chi connectivity index (χ0) is 23.3. The molecule has 0 saturated heterocycles. The van der Waals surface area contributed by atoms with Crippen LogP contribution in [0.1, 0.15) is 21.5 Å². The molecule has 0 aromatic heterocycles. The zero-order valence-electron chi connectivity index (χ0n) is 18.2. The first-order valence-corrected chi connectivity index (χ1v) is 11.7. The summed E-state index contributed by atoms with van der Waals surface area (Å²) in [4.78, 5) is 14.5. The molecule has 0 radical (unpaired) electrons. The molecule has 8 heteroatoms. The van der Waals surface area contributed by atoms with Gasteiger partial charge in [0.1, 0.15) is 10.6 Å². The van der Waals surface area contributed by atoms with Crippen LogP contribution in [0.25, 0.3) is 0 Å². The van der Waals surface area contributed by atoms with Gasteiger partial charge in [-0.05, 0) is 41.5 Å². The minimum absolute atomic E-state index is 0.0517. The van der Waals surface area contributed by atoms with Gasteiger partial charge in [-0.15, -0.1) is 0 Å². The average molecular weight is 473 g/mol. The molecule has 0 bridgehead atoms. The summed E-state index contributed by atoms with van der Waals surface area (Å²) in [5, 5.41) is 0.618.